The summed E-state index contributed by atoms with van der Waals surface area (Å²) in [4.78, 5) is 11.6. The zero-order valence-electron chi connectivity index (χ0n) is 12.4. The van der Waals surface area contributed by atoms with Crippen molar-refractivity contribution in [3.63, 3.8) is 0 Å². The first kappa shape index (κ1) is 15.8. The van der Waals surface area contributed by atoms with Crippen LogP contribution in [0.15, 0.2) is 24.3 Å². The molecule has 1 saturated carbocycles. The molecule has 1 aliphatic rings. The molecule has 0 heterocycles. The number of para-hydroxylation sites is 1. The van der Waals surface area contributed by atoms with Gasteiger partial charge in [0.2, 0.25) is 0 Å². The molecule has 2 amide bonds. The third-order valence-corrected chi connectivity index (χ3v) is 3.87. The standard InChI is InChI=1S/C16H23FN2O2/c1-12-6-2-5-9-15(12)21-11-10-18-16(20)19-14-8-4-3-7-13(14)17/h3-4,7-8,12,15H,2,5-6,9-11H2,1H3,(H2,18,19,20)/t12-,15-/m1/s1. The van der Waals surface area contributed by atoms with Crippen molar-refractivity contribution in [3.8, 4) is 0 Å². The molecule has 1 aromatic rings. The highest BCUT2D eigenvalue weighted by Crippen LogP contribution is 2.25. The largest absolute Gasteiger partial charge is 0.376 e. The average molecular weight is 294 g/mol. The molecular formula is C16H23FN2O2. The molecule has 2 rings (SSSR count). The van der Waals surface area contributed by atoms with E-state index in [2.05, 4.69) is 17.6 Å². The van der Waals surface area contributed by atoms with Crippen LogP contribution in [0, 0.1) is 11.7 Å². The molecular weight excluding hydrogens is 271 g/mol. The van der Waals surface area contributed by atoms with Crippen LogP contribution in [0.4, 0.5) is 14.9 Å². The number of halogens is 1. The minimum Gasteiger partial charge on any atom is -0.376 e. The summed E-state index contributed by atoms with van der Waals surface area (Å²) in [5.74, 6) is 0.144. The van der Waals surface area contributed by atoms with Crippen LogP contribution in [-0.4, -0.2) is 25.3 Å². The molecule has 0 spiro atoms. The maximum absolute atomic E-state index is 13.4. The van der Waals surface area contributed by atoms with Crippen molar-refractivity contribution in [1.82, 2.24) is 5.32 Å². The van der Waals surface area contributed by atoms with Crippen molar-refractivity contribution in [2.45, 2.75) is 38.7 Å². The highest BCUT2D eigenvalue weighted by atomic mass is 19.1. The average Bonchev–Trinajstić information content (AvgIpc) is 2.48. The molecule has 4 nitrogen and oxygen atoms in total. The fourth-order valence-corrected chi connectivity index (χ4v) is 2.63. The van der Waals surface area contributed by atoms with Gasteiger partial charge in [0.25, 0.3) is 0 Å². The van der Waals surface area contributed by atoms with E-state index in [0.29, 0.717) is 25.2 Å². The lowest BCUT2D eigenvalue weighted by Gasteiger charge is -2.28. The van der Waals surface area contributed by atoms with E-state index >= 15 is 0 Å². The van der Waals surface area contributed by atoms with Crippen LogP contribution in [0.3, 0.4) is 0 Å². The molecule has 0 bridgehead atoms. The fraction of sp³-hybridized carbons (Fsp3) is 0.562. The highest BCUT2D eigenvalue weighted by molar-refractivity contribution is 5.89. The Bertz CT molecular complexity index is 467. The summed E-state index contributed by atoms with van der Waals surface area (Å²) in [6, 6.07) is 5.67. The minimum absolute atomic E-state index is 0.178. The van der Waals surface area contributed by atoms with Crippen molar-refractivity contribution < 1.29 is 13.9 Å². The summed E-state index contributed by atoms with van der Waals surface area (Å²) >= 11 is 0. The first-order valence-electron chi connectivity index (χ1n) is 7.58. The zero-order chi connectivity index (χ0) is 15.1. The van der Waals surface area contributed by atoms with E-state index in [1.165, 1.54) is 31.4 Å². The van der Waals surface area contributed by atoms with Crippen LogP contribution in [0.1, 0.15) is 32.6 Å². The number of urea groups is 1. The summed E-state index contributed by atoms with van der Waals surface area (Å²) < 4.78 is 19.2. The van der Waals surface area contributed by atoms with Crippen molar-refractivity contribution in [2.24, 2.45) is 5.92 Å². The smallest absolute Gasteiger partial charge is 0.319 e. The quantitative estimate of drug-likeness (QED) is 0.816. The van der Waals surface area contributed by atoms with Gasteiger partial charge in [0.1, 0.15) is 5.82 Å². The van der Waals surface area contributed by atoms with Gasteiger partial charge < -0.3 is 15.4 Å². The summed E-state index contributed by atoms with van der Waals surface area (Å²) in [6.07, 6.45) is 5.12. The molecule has 0 radical (unpaired) electrons. The molecule has 5 heteroatoms. The van der Waals surface area contributed by atoms with Gasteiger partial charge in [0.05, 0.1) is 18.4 Å². The molecule has 0 saturated heterocycles. The first-order chi connectivity index (χ1) is 10.2. The number of hydrogen-bond donors (Lipinski definition) is 2. The first-order valence-corrected chi connectivity index (χ1v) is 7.58. The molecule has 2 N–H and O–H groups in total. The van der Waals surface area contributed by atoms with Crippen molar-refractivity contribution in [3.05, 3.63) is 30.1 Å². The number of amides is 2. The predicted molar refractivity (Wildman–Crippen MR) is 80.8 cm³/mol. The number of hydrogen-bond acceptors (Lipinski definition) is 2. The van der Waals surface area contributed by atoms with Gasteiger partial charge in [0.15, 0.2) is 0 Å². The van der Waals surface area contributed by atoms with E-state index in [0.717, 1.165) is 6.42 Å². The summed E-state index contributed by atoms with van der Waals surface area (Å²) in [5.41, 5.74) is 0.178. The van der Waals surface area contributed by atoms with Crippen LogP contribution >= 0.6 is 0 Å². The summed E-state index contributed by atoms with van der Waals surface area (Å²) in [6.45, 7) is 3.12. The lowest BCUT2D eigenvalue weighted by Crippen LogP contribution is -2.34. The highest BCUT2D eigenvalue weighted by Gasteiger charge is 2.21. The van der Waals surface area contributed by atoms with Gasteiger partial charge in [-0.25, -0.2) is 9.18 Å². The number of anilines is 1. The van der Waals surface area contributed by atoms with Gasteiger partial charge in [-0.15, -0.1) is 0 Å². The molecule has 2 atom stereocenters. The van der Waals surface area contributed by atoms with E-state index in [-0.39, 0.29) is 5.69 Å². The molecule has 0 aliphatic heterocycles. The van der Waals surface area contributed by atoms with Crippen molar-refractivity contribution >= 4 is 11.7 Å². The molecule has 1 aromatic carbocycles. The fourth-order valence-electron chi connectivity index (χ4n) is 2.63. The Hall–Kier alpha value is -1.62. The Balaban J connectivity index is 1.64. The van der Waals surface area contributed by atoms with Crippen LogP contribution in [0.2, 0.25) is 0 Å². The molecule has 1 aliphatic carbocycles. The van der Waals surface area contributed by atoms with Gasteiger partial charge in [-0.1, -0.05) is 31.9 Å². The topological polar surface area (TPSA) is 50.4 Å². The maximum atomic E-state index is 13.4. The Kier molecular flexibility index (Phi) is 5.99. The van der Waals surface area contributed by atoms with E-state index < -0.39 is 11.8 Å². The number of ether oxygens (including phenoxy) is 1. The van der Waals surface area contributed by atoms with Gasteiger partial charge in [-0.3, -0.25) is 0 Å². The second-order valence-corrected chi connectivity index (χ2v) is 5.53. The van der Waals surface area contributed by atoms with Gasteiger partial charge >= 0.3 is 6.03 Å². The van der Waals surface area contributed by atoms with Crippen LogP contribution in [0.5, 0.6) is 0 Å². The zero-order valence-corrected chi connectivity index (χ0v) is 12.4. The lowest BCUT2D eigenvalue weighted by molar-refractivity contribution is -0.00232. The number of carbonyl (C=O) groups is 1. The maximum Gasteiger partial charge on any atom is 0.319 e. The molecule has 116 valence electrons. The Morgan fingerprint density at radius 1 is 1.33 bits per heavy atom. The summed E-state index contributed by atoms with van der Waals surface area (Å²) in [5, 5.41) is 5.15. The Labute approximate surface area is 125 Å². The second kappa shape index (κ2) is 7.98. The number of benzene rings is 1. The van der Waals surface area contributed by atoms with Gasteiger partial charge in [-0.2, -0.15) is 0 Å². The number of rotatable bonds is 5. The second-order valence-electron chi connectivity index (χ2n) is 5.53. The predicted octanol–water partition coefficient (Wildman–Crippen LogP) is 3.54. The lowest BCUT2D eigenvalue weighted by atomic mass is 9.88. The normalized spacial score (nSPS) is 21.8. The van der Waals surface area contributed by atoms with Crippen LogP contribution in [-0.2, 0) is 4.74 Å². The molecule has 21 heavy (non-hydrogen) atoms. The third kappa shape index (κ3) is 5.01. The molecule has 0 unspecified atom stereocenters. The van der Waals surface area contributed by atoms with Crippen molar-refractivity contribution in [1.29, 1.82) is 0 Å². The SMILES string of the molecule is C[C@@H]1CCCC[C@H]1OCCNC(=O)Nc1ccccc1F. The third-order valence-electron chi connectivity index (χ3n) is 3.87. The van der Waals surface area contributed by atoms with E-state index in [1.54, 1.807) is 12.1 Å². The molecule has 1 fully saturated rings. The van der Waals surface area contributed by atoms with Crippen molar-refractivity contribution in [2.75, 3.05) is 18.5 Å². The van der Waals surface area contributed by atoms with Crippen LogP contribution in [0.25, 0.3) is 0 Å². The Morgan fingerprint density at radius 2 is 2.10 bits per heavy atom. The monoisotopic (exact) mass is 294 g/mol. The van der Waals surface area contributed by atoms with E-state index in [9.17, 15) is 9.18 Å². The van der Waals surface area contributed by atoms with E-state index in [4.69, 9.17) is 4.74 Å². The minimum atomic E-state index is -0.445. The van der Waals surface area contributed by atoms with Crippen LogP contribution < -0.4 is 10.6 Å². The summed E-state index contributed by atoms with van der Waals surface area (Å²) in [7, 11) is 0. The Morgan fingerprint density at radius 3 is 2.86 bits per heavy atom. The molecule has 0 aromatic heterocycles. The van der Waals surface area contributed by atoms with Gasteiger partial charge in [-0.05, 0) is 30.9 Å². The number of nitrogens with one attached hydrogen (secondary N) is 2. The van der Waals surface area contributed by atoms with E-state index in [1.807, 2.05) is 0 Å². The van der Waals surface area contributed by atoms with Gasteiger partial charge in [0, 0.05) is 6.54 Å². The number of carbonyl (C=O) groups excluding carboxylic acids is 1.